The van der Waals surface area contributed by atoms with Crippen LogP contribution >= 0.6 is 0 Å². The van der Waals surface area contributed by atoms with E-state index in [9.17, 15) is 4.79 Å². The van der Waals surface area contributed by atoms with Crippen molar-refractivity contribution in [1.29, 1.82) is 0 Å². The summed E-state index contributed by atoms with van der Waals surface area (Å²) in [6, 6.07) is -0.360. The van der Waals surface area contributed by atoms with Crippen LogP contribution in [0.1, 0.15) is 40.0 Å². The molecule has 0 heterocycles. The number of nitrogens with two attached hydrogens (primary N) is 1. The summed E-state index contributed by atoms with van der Waals surface area (Å²) in [7, 11) is 0. The number of nitrogens with one attached hydrogen (secondary N) is 1. The van der Waals surface area contributed by atoms with Gasteiger partial charge < -0.3 is 11.1 Å². The Balaban J connectivity index is 2.27. The Morgan fingerprint density at radius 3 is 2.60 bits per heavy atom. The summed E-state index contributed by atoms with van der Waals surface area (Å²) in [5.74, 6) is 1.63. The molecule has 3 unspecified atom stereocenters. The fourth-order valence-corrected chi connectivity index (χ4v) is 2.18. The Labute approximate surface area is 92.8 Å². The maximum atomic E-state index is 11.6. The van der Waals surface area contributed by atoms with Crippen molar-refractivity contribution in [3.63, 3.8) is 0 Å². The molecule has 0 radical (unpaired) electrons. The van der Waals surface area contributed by atoms with Gasteiger partial charge in [0.05, 0.1) is 6.04 Å². The molecule has 0 aromatic heterocycles. The number of rotatable bonds is 4. The van der Waals surface area contributed by atoms with Gasteiger partial charge in [0.1, 0.15) is 0 Å². The second-order valence-electron chi connectivity index (χ2n) is 5.18. The third kappa shape index (κ3) is 3.49. The molecule has 1 aliphatic rings. The predicted octanol–water partition coefficient (Wildman–Crippen LogP) is 1.52. The highest BCUT2D eigenvalue weighted by atomic mass is 16.2. The molecule has 0 saturated heterocycles. The van der Waals surface area contributed by atoms with Gasteiger partial charge in [-0.15, -0.1) is 0 Å². The quantitative estimate of drug-likeness (QED) is 0.742. The maximum Gasteiger partial charge on any atom is 0.237 e. The molecule has 3 heteroatoms. The minimum Gasteiger partial charge on any atom is -0.354 e. The van der Waals surface area contributed by atoms with Crippen molar-refractivity contribution in [1.82, 2.24) is 5.32 Å². The van der Waals surface area contributed by atoms with Gasteiger partial charge in [0.25, 0.3) is 0 Å². The summed E-state index contributed by atoms with van der Waals surface area (Å²) in [5.41, 5.74) is 5.77. The first-order valence-electron chi connectivity index (χ1n) is 6.05. The molecule has 3 nitrogen and oxygen atoms in total. The monoisotopic (exact) mass is 212 g/mol. The van der Waals surface area contributed by atoms with E-state index in [4.69, 9.17) is 5.73 Å². The Morgan fingerprint density at radius 2 is 2.13 bits per heavy atom. The fourth-order valence-electron chi connectivity index (χ4n) is 2.18. The van der Waals surface area contributed by atoms with Gasteiger partial charge in [0.15, 0.2) is 0 Å². The molecule has 3 atom stereocenters. The molecule has 1 amide bonds. The molecule has 1 aliphatic carbocycles. The molecule has 1 fully saturated rings. The Bertz CT molecular complexity index is 216. The van der Waals surface area contributed by atoms with Gasteiger partial charge in [-0.1, -0.05) is 33.6 Å². The largest absolute Gasteiger partial charge is 0.354 e. The molecule has 0 bridgehead atoms. The normalized spacial score (nSPS) is 28.1. The zero-order chi connectivity index (χ0) is 11.4. The fraction of sp³-hybridized carbons (Fsp3) is 0.917. The van der Waals surface area contributed by atoms with Crippen LogP contribution in [-0.2, 0) is 4.79 Å². The van der Waals surface area contributed by atoms with E-state index in [1.54, 1.807) is 0 Å². The molecule has 88 valence electrons. The second-order valence-corrected chi connectivity index (χ2v) is 5.18. The Morgan fingerprint density at radius 1 is 1.47 bits per heavy atom. The summed E-state index contributed by atoms with van der Waals surface area (Å²) in [6.45, 7) is 7.03. The van der Waals surface area contributed by atoms with Crippen LogP contribution in [0, 0.1) is 17.8 Å². The maximum absolute atomic E-state index is 11.6. The molecular formula is C12H24N2O. The highest BCUT2D eigenvalue weighted by Gasteiger charge is 2.24. The summed E-state index contributed by atoms with van der Waals surface area (Å²) in [6.07, 6.45) is 3.85. The summed E-state index contributed by atoms with van der Waals surface area (Å²) < 4.78 is 0. The van der Waals surface area contributed by atoms with Gasteiger partial charge in [0, 0.05) is 6.54 Å². The van der Waals surface area contributed by atoms with E-state index >= 15 is 0 Å². The van der Waals surface area contributed by atoms with E-state index in [2.05, 4.69) is 12.2 Å². The van der Waals surface area contributed by atoms with Crippen LogP contribution in [0.5, 0.6) is 0 Å². The third-order valence-corrected chi connectivity index (χ3v) is 3.60. The van der Waals surface area contributed by atoms with E-state index in [1.165, 1.54) is 19.3 Å². The zero-order valence-corrected chi connectivity index (χ0v) is 10.1. The van der Waals surface area contributed by atoms with Crippen LogP contribution in [0.15, 0.2) is 0 Å². The Hall–Kier alpha value is -0.570. The van der Waals surface area contributed by atoms with E-state index in [0.717, 1.165) is 12.5 Å². The smallest absolute Gasteiger partial charge is 0.237 e. The first-order valence-corrected chi connectivity index (χ1v) is 6.05. The van der Waals surface area contributed by atoms with Crippen LogP contribution in [0.25, 0.3) is 0 Å². The molecule has 0 aromatic carbocycles. The average molecular weight is 212 g/mol. The predicted molar refractivity (Wildman–Crippen MR) is 62.3 cm³/mol. The molecule has 1 rings (SSSR count). The van der Waals surface area contributed by atoms with Crippen LogP contribution in [0.4, 0.5) is 0 Å². The lowest BCUT2D eigenvalue weighted by molar-refractivity contribution is -0.123. The highest BCUT2D eigenvalue weighted by molar-refractivity contribution is 5.81. The van der Waals surface area contributed by atoms with Gasteiger partial charge in [-0.25, -0.2) is 0 Å². The van der Waals surface area contributed by atoms with Gasteiger partial charge in [-0.05, 0) is 24.2 Å². The van der Waals surface area contributed by atoms with Crippen molar-refractivity contribution in [3.05, 3.63) is 0 Å². The van der Waals surface area contributed by atoms with Gasteiger partial charge in [-0.2, -0.15) is 0 Å². The molecule has 0 aromatic rings. The molecular weight excluding hydrogens is 188 g/mol. The van der Waals surface area contributed by atoms with Gasteiger partial charge >= 0.3 is 0 Å². The lowest BCUT2D eigenvalue weighted by Gasteiger charge is -2.19. The van der Waals surface area contributed by atoms with Crippen LogP contribution in [-0.4, -0.2) is 18.5 Å². The van der Waals surface area contributed by atoms with E-state index < -0.39 is 0 Å². The van der Waals surface area contributed by atoms with Crippen LogP contribution < -0.4 is 11.1 Å². The molecule has 15 heavy (non-hydrogen) atoms. The number of hydrogen-bond acceptors (Lipinski definition) is 2. The number of hydrogen-bond donors (Lipinski definition) is 2. The lowest BCUT2D eigenvalue weighted by atomic mass is 9.97. The van der Waals surface area contributed by atoms with E-state index in [1.807, 2.05) is 13.8 Å². The van der Waals surface area contributed by atoms with Gasteiger partial charge in [-0.3, -0.25) is 4.79 Å². The van der Waals surface area contributed by atoms with Crippen molar-refractivity contribution in [3.8, 4) is 0 Å². The highest BCUT2D eigenvalue weighted by Crippen LogP contribution is 2.30. The Kier molecular flexibility index (Phi) is 4.58. The van der Waals surface area contributed by atoms with Crippen molar-refractivity contribution < 1.29 is 4.79 Å². The van der Waals surface area contributed by atoms with Crippen LogP contribution in [0.2, 0.25) is 0 Å². The van der Waals surface area contributed by atoms with Crippen molar-refractivity contribution in [2.45, 2.75) is 46.1 Å². The summed E-state index contributed by atoms with van der Waals surface area (Å²) in [4.78, 5) is 11.6. The molecule has 0 spiro atoms. The first-order chi connectivity index (χ1) is 7.02. The number of carbonyl (C=O) groups excluding carboxylic acids is 1. The van der Waals surface area contributed by atoms with Crippen molar-refractivity contribution in [2.75, 3.05) is 6.54 Å². The number of carbonyl (C=O) groups is 1. The summed E-state index contributed by atoms with van der Waals surface area (Å²) in [5, 5.41) is 2.97. The minimum absolute atomic E-state index is 0.00380. The first kappa shape index (κ1) is 12.5. The lowest BCUT2D eigenvalue weighted by Crippen LogP contribution is -2.45. The van der Waals surface area contributed by atoms with Gasteiger partial charge in [0.2, 0.25) is 5.91 Å². The topological polar surface area (TPSA) is 55.1 Å². The molecule has 3 N–H and O–H groups in total. The van der Waals surface area contributed by atoms with Crippen molar-refractivity contribution >= 4 is 5.91 Å². The van der Waals surface area contributed by atoms with E-state index in [-0.39, 0.29) is 17.9 Å². The molecule has 1 saturated carbocycles. The van der Waals surface area contributed by atoms with Crippen molar-refractivity contribution in [2.24, 2.45) is 23.5 Å². The molecule has 0 aliphatic heterocycles. The average Bonchev–Trinajstić information content (AvgIpc) is 2.59. The minimum atomic E-state index is -0.360. The zero-order valence-electron chi connectivity index (χ0n) is 10.1. The SMILES string of the molecule is CC(C)C(N)C(=O)NCC1CCCC1C. The standard InChI is InChI=1S/C12H24N2O/c1-8(2)11(13)12(15)14-7-10-6-4-5-9(10)3/h8-11H,4-7,13H2,1-3H3,(H,14,15). The third-order valence-electron chi connectivity index (χ3n) is 3.60. The van der Waals surface area contributed by atoms with Crippen LogP contribution in [0.3, 0.4) is 0 Å². The second kappa shape index (κ2) is 5.50. The summed E-state index contributed by atoms with van der Waals surface area (Å²) >= 11 is 0. The number of amides is 1. The van der Waals surface area contributed by atoms with E-state index in [0.29, 0.717) is 5.92 Å².